The minimum Gasteiger partial charge on any atom is -0.506 e. The Balaban J connectivity index is 2.18. The van der Waals surface area contributed by atoms with Gasteiger partial charge in [0, 0.05) is 12.0 Å². The molecule has 0 aliphatic rings. The quantitative estimate of drug-likeness (QED) is 0.842. The first-order valence-electron chi connectivity index (χ1n) is 5.22. The van der Waals surface area contributed by atoms with Gasteiger partial charge in [0.05, 0.1) is 5.02 Å². The van der Waals surface area contributed by atoms with E-state index in [4.69, 9.17) is 11.6 Å². The monoisotopic (exact) mass is 246 g/mol. The zero-order chi connectivity index (χ0) is 12.3. The second kappa shape index (κ2) is 5.02. The highest BCUT2D eigenvalue weighted by molar-refractivity contribution is 6.32. The van der Waals surface area contributed by atoms with Crippen LogP contribution in [0.5, 0.6) is 5.75 Å². The van der Waals surface area contributed by atoms with Gasteiger partial charge in [-0.3, -0.25) is 4.79 Å². The fourth-order valence-electron chi connectivity index (χ4n) is 1.56. The van der Waals surface area contributed by atoms with Gasteiger partial charge in [-0.15, -0.1) is 0 Å². The maximum atomic E-state index is 11.9. The lowest BCUT2D eigenvalue weighted by molar-refractivity contribution is 0.0993. The van der Waals surface area contributed by atoms with Crippen LogP contribution in [0.25, 0.3) is 0 Å². The molecule has 17 heavy (non-hydrogen) atoms. The zero-order valence-electron chi connectivity index (χ0n) is 9.06. The van der Waals surface area contributed by atoms with E-state index in [1.807, 2.05) is 30.3 Å². The molecule has 0 saturated carbocycles. The summed E-state index contributed by atoms with van der Waals surface area (Å²) >= 11 is 5.76. The third-order valence-electron chi connectivity index (χ3n) is 2.48. The molecule has 0 radical (unpaired) electrons. The summed E-state index contributed by atoms with van der Waals surface area (Å²) in [5.41, 5.74) is 1.47. The second-order valence-electron chi connectivity index (χ2n) is 3.75. The van der Waals surface area contributed by atoms with Crippen molar-refractivity contribution in [2.75, 3.05) is 0 Å². The molecule has 2 aromatic carbocycles. The van der Waals surface area contributed by atoms with Crippen molar-refractivity contribution in [3.05, 3.63) is 64.7 Å². The van der Waals surface area contributed by atoms with Crippen molar-refractivity contribution in [2.24, 2.45) is 0 Å². The Morgan fingerprint density at radius 2 is 1.82 bits per heavy atom. The second-order valence-corrected chi connectivity index (χ2v) is 4.16. The lowest BCUT2D eigenvalue weighted by atomic mass is 10.0. The highest BCUT2D eigenvalue weighted by Crippen LogP contribution is 2.24. The molecule has 0 aromatic heterocycles. The number of phenols is 1. The average molecular weight is 247 g/mol. The Hall–Kier alpha value is -1.80. The van der Waals surface area contributed by atoms with Crippen LogP contribution in [0.1, 0.15) is 15.9 Å². The van der Waals surface area contributed by atoms with Crippen molar-refractivity contribution in [1.29, 1.82) is 0 Å². The number of ketones is 1. The number of benzene rings is 2. The number of carbonyl (C=O) groups is 1. The van der Waals surface area contributed by atoms with Gasteiger partial charge in [0.1, 0.15) is 5.75 Å². The van der Waals surface area contributed by atoms with Crippen LogP contribution in [-0.4, -0.2) is 10.9 Å². The van der Waals surface area contributed by atoms with E-state index in [0.29, 0.717) is 12.0 Å². The Labute approximate surface area is 104 Å². The van der Waals surface area contributed by atoms with Crippen LogP contribution in [0.15, 0.2) is 48.5 Å². The van der Waals surface area contributed by atoms with E-state index in [9.17, 15) is 9.90 Å². The van der Waals surface area contributed by atoms with Gasteiger partial charge in [-0.25, -0.2) is 0 Å². The topological polar surface area (TPSA) is 37.3 Å². The zero-order valence-corrected chi connectivity index (χ0v) is 9.82. The van der Waals surface area contributed by atoms with Crippen LogP contribution >= 0.6 is 11.6 Å². The molecular weight excluding hydrogens is 236 g/mol. The summed E-state index contributed by atoms with van der Waals surface area (Å²) in [7, 11) is 0. The Kier molecular flexibility index (Phi) is 3.45. The van der Waals surface area contributed by atoms with E-state index in [0.717, 1.165) is 5.56 Å². The molecule has 0 spiro atoms. The molecule has 3 heteroatoms. The van der Waals surface area contributed by atoms with Crippen molar-refractivity contribution in [3.63, 3.8) is 0 Å². The predicted molar refractivity (Wildman–Crippen MR) is 67.6 cm³/mol. The molecule has 0 fully saturated rings. The van der Waals surface area contributed by atoms with Gasteiger partial charge >= 0.3 is 0 Å². The van der Waals surface area contributed by atoms with Gasteiger partial charge in [-0.2, -0.15) is 0 Å². The van der Waals surface area contributed by atoms with Crippen LogP contribution in [-0.2, 0) is 6.42 Å². The molecule has 0 heterocycles. The Morgan fingerprint density at radius 1 is 1.12 bits per heavy atom. The molecule has 0 amide bonds. The average Bonchev–Trinajstić information content (AvgIpc) is 2.34. The molecule has 86 valence electrons. The van der Waals surface area contributed by atoms with Crippen LogP contribution < -0.4 is 0 Å². The first-order valence-corrected chi connectivity index (χ1v) is 5.60. The number of phenolic OH excluding ortho intramolecular Hbond substituents is 1. The number of hydrogen-bond donors (Lipinski definition) is 1. The minimum atomic E-state index is -0.0156. The lowest BCUT2D eigenvalue weighted by Crippen LogP contribution is -2.03. The van der Waals surface area contributed by atoms with Crippen LogP contribution in [0, 0.1) is 0 Å². The van der Waals surface area contributed by atoms with Crippen molar-refractivity contribution in [2.45, 2.75) is 6.42 Å². The number of halogens is 1. The first kappa shape index (κ1) is 11.7. The van der Waals surface area contributed by atoms with Crippen molar-refractivity contribution in [3.8, 4) is 5.75 Å². The van der Waals surface area contributed by atoms with Crippen LogP contribution in [0.4, 0.5) is 0 Å². The summed E-state index contributed by atoms with van der Waals surface area (Å²) < 4.78 is 0. The third-order valence-corrected chi connectivity index (χ3v) is 2.78. The maximum Gasteiger partial charge on any atom is 0.167 e. The first-order chi connectivity index (χ1) is 8.16. The molecule has 2 nitrogen and oxygen atoms in total. The largest absolute Gasteiger partial charge is 0.506 e. The van der Waals surface area contributed by atoms with Gasteiger partial charge in [-0.05, 0) is 23.8 Å². The van der Waals surface area contributed by atoms with Gasteiger partial charge < -0.3 is 5.11 Å². The maximum absolute atomic E-state index is 11.9. The van der Waals surface area contributed by atoms with Gasteiger partial charge in [-0.1, -0.05) is 41.9 Å². The summed E-state index contributed by atoms with van der Waals surface area (Å²) in [6.45, 7) is 0. The minimum absolute atomic E-state index is 0.0112. The van der Waals surface area contributed by atoms with Gasteiger partial charge in [0.25, 0.3) is 0 Å². The predicted octanol–water partition coefficient (Wildman–Crippen LogP) is 3.47. The van der Waals surface area contributed by atoms with Crippen molar-refractivity contribution in [1.82, 2.24) is 0 Å². The van der Waals surface area contributed by atoms with E-state index in [1.165, 1.54) is 12.1 Å². The normalized spacial score (nSPS) is 10.2. The van der Waals surface area contributed by atoms with Gasteiger partial charge in [0.15, 0.2) is 5.78 Å². The van der Waals surface area contributed by atoms with E-state index in [1.54, 1.807) is 6.07 Å². The van der Waals surface area contributed by atoms with E-state index in [-0.39, 0.29) is 16.6 Å². The van der Waals surface area contributed by atoms with Crippen LogP contribution in [0.2, 0.25) is 5.02 Å². The summed E-state index contributed by atoms with van der Waals surface area (Å²) in [6, 6.07) is 14.0. The summed E-state index contributed by atoms with van der Waals surface area (Å²) in [4.78, 5) is 11.9. The molecule has 2 rings (SSSR count). The van der Waals surface area contributed by atoms with Gasteiger partial charge in [0.2, 0.25) is 0 Å². The molecule has 0 bridgehead atoms. The smallest absolute Gasteiger partial charge is 0.167 e. The molecule has 0 saturated heterocycles. The Morgan fingerprint density at radius 3 is 2.47 bits per heavy atom. The molecule has 0 aliphatic heterocycles. The molecule has 0 atom stereocenters. The molecular formula is C14H11ClO2. The fourth-order valence-corrected chi connectivity index (χ4v) is 1.74. The van der Waals surface area contributed by atoms with E-state index >= 15 is 0 Å². The van der Waals surface area contributed by atoms with Crippen molar-refractivity contribution >= 4 is 17.4 Å². The van der Waals surface area contributed by atoms with E-state index < -0.39 is 0 Å². The van der Waals surface area contributed by atoms with Crippen molar-refractivity contribution < 1.29 is 9.90 Å². The highest BCUT2D eigenvalue weighted by Gasteiger charge is 2.09. The SMILES string of the molecule is O=C(Cc1ccccc1)c1ccc(O)c(Cl)c1. The van der Waals surface area contributed by atoms with Crippen LogP contribution in [0.3, 0.4) is 0 Å². The number of rotatable bonds is 3. The molecule has 0 aliphatic carbocycles. The highest BCUT2D eigenvalue weighted by atomic mass is 35.5. The lowest BCUT2D eigenvalue weighted by Gasteiger charge is -2.03. The molecule has 0 unspecified atom stereocenters. The van der Waals surface area contributed by atoms with E-state index in [2.05, 4.69) is 0 Å². The molecule has 1 N–H and O–H groups in total. The summed E-state index contributed by atoms with van der Waals surface area (Å²) in [5, 5.41) is 9.47. The third kappa shape index (κ3) is 2.86. The summed E-state index contributed by atoms with van der Waals surface area (Å²) in [6.07, 6.45) is 0.335. The number of aromatic hydroxyl groups is 1. The summed E-state index contributed by atoms with van der Waals surface area (Å²) in [5.74, 6) is -0.0268. The number of carbonyl (C=O) groups excluding carboxylic acids is 1. The fraction of sp³-hybridized carbons (Fsp3) is 0.0714. The number of Topliss-reactive ketones (excluding diaryl/α,β-unsaturated/α-hetero) is 1. The number of hydrogen-bond acceptors (Lipinski definition) is 2. The molecule has 2 aromatic rings. The Bertz CT molecular complexity index is 535. The standard InChI is InChI=1S/C14H11ClO2/c15-12-9-11(6-7-13(12)16)14(17)8-10-4-2-1-3-5-10/h1-7,9,16H,8H2.